The largest absolute Gasteiger partial charge is 0.484 e. The molecule has 0 aliphatic rings. The van der Waals surface area contributed by atoms with Gasteiger partial charge in [0.2, 0.25) is 0 Å². The summed E-state index contributed by atoms with van der Waals surface area (Å²) in [6.07, 6.45) is 3.57. The molecular formula is C15H18BrN3O2. The van der Waals surface area contributed by atoms with Gasteiger partial charge in [-0.1, -0.05) is 6.07 Å². The van der Waals surface area contributed by atoms with E-state index in [0.717, 1.165) is 10.0 Å². The SMILES string of the molecule is Cc1ccc(OCC(=O)NCCn2cc(Br)cn2)cc1C. The summed E-state index contributed by atoms with van der Waals surface area (Å²) < 4.78 is 8.15. The Hall–Kier alpha value is -1.82. The second kappa shape index (κ2) is 7.26. The zero-order valence-corrected chi connectivity index (χ0v) is 13.7. The van der Waals surface area contributed by atoms with Gasteiger partial charge < -0.3 is 10.1 Å². The number of aryl methyl sites for hydroxylation is 2. The molecule has 1 aromatic carbocycles. The smallest absolute Gasteiger partial charge is 0.258 e. The molecule has 1 N–H and O–H groups in total. The zero-order valence-electron chi connectivity index (χ0n) is 12.1. The molecular weight excluding hydrogens is 334 g/mol. The number of benzene rings is 1. The number of ether oxygens (including phenoxy) is 1. The Balaban J connectivity index is 1.70. The van der Waals surface area contributed by atoms with E-state index in [4.69, 9.17) is 4.74 Å². The van der Waals surface area contributed by atoms with Gasteiger partial charge in [0.25, 0.3) is 5.91 Å². The molecule has 0 unspecified atom stereocenters. The summed E-state index contributed by atoms with van der Waals surface area (Å²) in [7, 11) is 0. The minimum Gasteiger partial charge on any atom is -0.484 e. The van der Waals surface area contributed by atoms with Gasteiger partial charge in [-0.25, -0.2) is 0 Å². The quantitative estimate of drug-likeness (QED) is 0.869. The lowest BCUT2D eigenvalue weighted by atomic mass is 10.1. The average molecular weight is 352 g/mol. The van der Waals surface area contributed by atoms with Gasteiger partial charge in [-0.2, -0.15) is 5.10 Å². The second-order valence-electron chi connectivity index (χ2n) is 4.81. The molecule has 0 aliphatic heterocycles. The molecule has 0 saturated heterocycles. The molecule has 0 saturated carbocycles. The maximum atomic E-state index is 11.7. The molecule has 0 bridgehead atoms. The number of hydrogen-bond acceptors (Lipinski definition) is 3. The van der Waals surface area contributed by atoms with E-state index in [1.54, 1.807) is 10.9 Å². The number of nitrogens with zero attached hydrogens (tertiary/aromatic N) is 2. The van der Waals surface area contributed by atoms with Crippen molar-refractivity contribution in [2.45, 2.75) is 20.4 Å². The molecule has 1 heterocycles. The fourth-order valence-corrected chi connectivity index (χ4v) is 2.10. The molecule has 2 aromatic rings. The Labute approximate surface area is 132 Å². The number of halogens is 1. The predicted octanol–water partition coefficient (Wildman–Crippen LogP) is 2.46. The third-order valence-electron chi connectivity index (χ3n) is 3.11. The number of carbonyl (C=O) groups is 1. The monoisotopic (exact) mass is 351 g/mol. The summed E-state index contributed by atoms with van der Waals surface area (Å²) >= 11 is 3.32. The Bertz CT molecular complexity index is 625. The maximum Gasteiger partial charge on any atom is 0.258 e. The number of amides is 1. The summed E-state index contributed by atoms with van der Waals surface area (Å²) in [6.45, 7) is 5.22. The highest BCUT2D eigenvalue weighted by atomic mass is 79.9. The topological polar surface area (TPSA) is 56.1 Å². The van der Waals surface area contributed by atoms with Crippen molar-refractivity contribution >= 4 is 21.8 Å². The van der Waals surface area contributed by atoms with Gasteiger partial charge in [0.1, 0.15) is 5.75 Å². The molecule has 0 atom stereocenters. The lowest BCUT2D eigenvalue weighted by Crippen LogP contribution is -2.31. The van der Waals surface area contributed by atoms with Crippen molar-refractivity contribution in [3.63, 3.8) is 0 Å². The van der Waals surface area contributed by atoms with Gasteiger partial charge in [-0.05, 0) is 53.0 Å². The summed E-state index contributed by atoms with van der Waals surface area (Å²) in [5.74, 6) is 0.573. The average Bonchev–Trinajstić information content (AvgIpc) is 2.86. The van der Waals surface area contributed by atoms with Gasteiger partial charge in [-0.15, -0.1) is 0 Å². The van der Waals surface area contributed by atoms with E-state index in [1.165, 1.54) is 5.56 Å². The minimum atomic E-state index is -0.139. The molecule has 1 aromatic heterocycles. The summed E-state index contributed by atoms with van der Waals surface area (Å²) in [6, 6.07) is 5.79. The standard InChI is InChI=1S/C15H18BrN3O2/c1-11-3-4-14(7-12(11)2)21-10-15(20)17-5-6-19-9-13(16)8-18-19/h3-4,7-9H,5-6,10H2,1-2H3,(H,17,20). The van der Waals surface area contributed by atoms with Gasteiger partial charge in [0.05, 0.1) is 17.2 Å². The normalized spacial score (nSPS) is 10.4. The van der Waals surface area contributed by atoms with Gasteiger partial charge in [0.15, 0.2) is 6.61 Å². The van der Waals surface area contributed by atoms with Crippen LogP contribution in [0.15, 0.2) is 35.1 Å². The van der Waals surface area contributed by atoms with Crippen molar-refractivity contribution in [3.8, 4) is 5.75 Å². The van der Waals surface area contributed by atoms with Crippen LogP contribution in [0.5, 0.6) is 5.75 Å². The summed E-state index contributed by atoms with van der Waals surface area (Å²) in [5, 5.41) is 6.91. The minimum absolute atomic E-state index is 0.0191. The van der Waals surface area contributed by atoms with E-state index >= 15 is 0 Å². The number of nitrogens with one attached hydrogen (secondary N) is 1. The van der Waals surface area contributed by atoms with Gasteiger partial charge in [0, 0.05) is 12.7 Å². The Morgan fingerprint density at radius 2 is 2.19 bits per heavy atom. The highest BCUT2D eigenvalue weighted by molar-refractivity contribution is 9.10. The number of aromatic nitrogens is 2. The highest BCUT2D eigenvalue weighted by Gasteiger charge is 2.04. The van der Waals surface area contributed by atoms with Crippen molar-refractivity contribution in [1.82, 2.24) is 15.1 Å². The molecule has 6 heteroatoms. The van der Waals surface area contributed by atoms with Crippen LogP contribution in [0.1, 0.15) is 11.1 Å². The Morgan fingerprint density at radius 3 is 2.86 bits per heavy atom. The van der Waals surface area contributed by atoms with Crippen molar-refractivity contribution in [1.29, 1.82) is 0 Å². The van der Waals surface area contributed by atoms with E-state index in [9.17, 15) is 4.79 Å². The van der Waals surface area contributed by atoms with Crippen molar-refractivity contribution in [3.05, 3.63) is 46.2 Å². The van der Waals surface area contributed by atoms with Crippen molar-refractivity contribution < 1.29 is 9.53 Å². The first-order valence-electron chi connectivity index (χ1n) is 6.69. The Morgan fingerprint density at radius 1 is 1.38 bits per heavy atom. The fraction of sp³-hybridized carbons (Fsp3) is 0.333. The highest BCUT2D eigenvalue weighted by Crippen LogP contribution is 2.16. The number of rotatable bonds is 6. The zero-order chi connectivity index (χ0) is 15.2. The van der Waals surface area contributed by atoms with E-state index in [1.807, 2.05) is 38.2 Å². The predicted molar refractivity (Wildman–Crippen MR) is 84.3 cm³/mol. The molecule has 2 rings (SSSR count). The van der Waals surface area contributed by atoms with E-state index in [-0.39, 0.29) is 12.5 Å². The van der Waals surface area contributed by atoms with Gasteiger partial charge in [-0.3, -0.25) is 9.48 Å². The first kappa shape index (κ1) is 15.6. The molecule has 112 valence electrons. The third-order valence-corrected chi connectivity index (χ3v) is 3.52. The van der Waals surface area contributed by atoms with Crippen molar-refractivity contribution in [2.24, 2.45) is 0 Å². The van der Waals surface area contributed by atoms with Crippen LogP contribution in [0, 0.1) is 13.8 Å². The lowest BCUT2D eigenvalue weighted by Gasteiger charge is -2.09. The van der Waals surface area contributed by atoms with E-state index in [2.05, 4.69) is 26.3 Å². The van der Waals surface area contributed by atoms with E-state index < -0.39 is 0 Å². The van der Waals surface area contributed by atoms with Crippen LogP contribution in [0.2, 0.25) is 0 Å². The van der Waals surface area contributed by atoms with Crippen LogP contribution in [0.4, 0.5) is 0 Å². The molecule has 21 heavy (non-hydrogen) atoms. The summed E-state index contributed by atoms with van der Waals surface area (Å²) in [5.41, 5.74) is 2.36. The summed E-state index contributed by atoms with van der Waals surface area (Å²) in [4.78, 5) is 11.7. The molecule has 0 fully saturated rings. The van der Waals surface area contributed by atoms with Crippen LogP contribution < -0.4 is 10.1 Å². The van der Waals surface area contributed by atoms with Crippen LogP contribution >= 0.6 is 15.9 Å². The van der Waals surface area contributed by atoms with Gasteiger partial charge >= 0.3 is 0 Å². The first-order valence-corrected chi connectivity index (χ1v) is 7.48. The van der Waals surface area contributed by atoms with Crippen LogP contribution in [0.3, 0.4) is 0 Å². The second-order valence-corrected chi connectivity index (χ2v) is 5.72. The first-order chi connectivity index (χ1) is 10.0. The Kier molecular flexibility index (Phi) is 5.38. The van der Waals surface area contributed by atoms with Crippen LogP contribution in [0.25, 0.3) is 0 Å². The van der Waals surface area contributed by atoms with Crippen molar-refractivity contribution in [2.75, 3.05) is 13.2 Å². The number of carbonyl (C=O) groups excluding carboxylic acids is 1. The van der Waals surface area contributed by atoms with E-state index in [0.29, 0.717) is 18.8 Å². The number of hydrogen-bond donors (Lipinski definition) is 1. The fourth-order valence-electron chi connectivity index (χ4n) is 1.77. The maximum absolute atomic E-state index is 11.7. The lowest BCUT2D eigenvalue weighted by molar-refractivity contribution is -0.123. The van der Waals surface area contributed by atoms with Crippen LogP contribution in [-0.2, 0) is 11.3 Å². The molecule has 5 nitrogen and oxygen atoms in total. The third kappa shape index (κ3) is 4.90. The molecule has 0 aliphatic carbocycles. The molecule has 0 spiro atoms. The molecule has 1 amide bonds. The van der Waals surface area contributed by atoms with Crippen LogP contribution in [-0.4, -0.2) is 28.8 Å². The molecule has 0 radical (unpaired) electrons.